The fraction of sp³-hybridized carbons (Fsp3) is 0.474. The molecular formula is C19H24FN5O3. The van der Waals surface area contributed by atoms with Gasteiger partial charge in [-0.1, -0.05) is 5.21 Å². The van der Waals surface area contributed by atoms with Crippen LogP contribution in [0, 0.1) is 5.82 Å². The molecule has 1 N–H and O–H groups in total. The van der Waals surface area contributed by atoms with Crippen LogP contribution in [0.4, 0.5) is 9.18 Å². The minimum absolute atomic E-state index is 0.0335. The van der Waals surface area contributed by atoms with Crippen molar-refractivity contribution in [3.8, 4) is 5.69 Å². The maximum atomic E-state index is 13.0. The fourth-order valence-electron chi connectivity index (χ4n) is 2.94. The van der Waals surface area contributed by atoms with E-state index in [1.807, 2.05) is 20.8 Å². The zero-order valence-corrected chi connectivity index (χ0v) is 16.2. The zero-order chi connectivity index (χ0) is 20.3. The molecule has 1 saturated heterocycles. The lowest BCUT2D eigenvalue weighted by Gasteiger charge is -2.32. The molecule has 2 heterocycles. The lowest BCUT2D eigenvalue weighted by atomic mass is 10.0. The average molecular weight is 389 g/mol. The molecule has 0 spiro atoms. The Labute approximate surface area is 162 Å². The highest BCUT2D eigenvalue weighted by molar-refractivity contribution is 5.92. The molecule has 0 atom stereocenters. The molecule has 150 valence electrons. The third-order valence-corrected chi connectivity index (χ3v) is 4.31. The van der Waals surface area contributed by atoms with E-state index in [1.54, 1.807) is 17.0 Å². The van der Waals surface area contributed by atoms with Crippen LogP contribution in [0.3, 0.4) is 0 Å². The van der Waals surface area contributed by atoms with Gasteiger partial charge < -0.3 is 15.0 Å². The maximum Gasteiger partial charge on any atom is 0.407 e. The monoisotopic (exact) mass is 389 g/mol. The van der Waals surface area contributed by atoms with Crippen molar-refractivity contribution >= 4 is 12.0 Å². The van der Waals surface area contributed by atoms with Crippen molar-refractivity contribution in [2.24, 2.45) is 0 Å². The first-order chi connectivity index (χ1) is 13.2. The molecule has 1 aromatic carbocycles. The second-order valence-corrected chi connectivity index (χ2v) is 7.74. The number of ether oxygens (including phenoxy) is 1. The van der Waals surface area contributed by atoms with E-state index in [-0.39, 0.29) is 23.5 Å². The summed E-state index contributed by atoms with van der Waals surface area (Å²) in [5.41, 5.74) is 0.299. The number of aromatic nitrogens is 3. The van der Waals surface area contributed by atoms with Gasteiger partial charge in [-0.3, -0.25) is 4.79 Å². The molecule has 0 unspecified atom stereocenters. The highest BCUT2D eigenvalue weighted by atomic mass is 19.1. The van der Waals surface area contributed by atoms with E-state index in [0.29, 0.717) is 31.6 Å². The molecule has 9 heteroatoms. The van der Waals surface area contributed by atoms with E-state index in [2.05, 4.69) is 15.6 Å². The van der Waals surface area contributed by atoms with Crippen molar-refractivity contribution in [2.75, 3.05) is 13.1 Å². The smallest absolute Gasteiger partial charge is 0.407 e. The molecule has 1 aromatic heterocycles. The summed E-state index contributed by atoms with van der Waals surface area (Å²) in [4.78, 5) is 26.2. The number of alkyl carbamates (subject to hydrolysis) is 1. The molecule has 0 radical (unpaired) electrons. The number of nitrogens with one attached hydrogen (secondary N) is 1. The fourth-order valence-corrected chi connectivity index (χ4v) is 2.94. The predicted molar refractivity (Wildman–Crippen MR) is 99.6 cm³/mol. The summed E-state index contributed by atoms with van der Waals surface area (Å²) in [6.07, 6.45) is 2.36. The summed E-state index contributed by atoms with van der Waals surface area (Å²) in [5.74, 6) is -0.563. The Morgan fingerprint density at radius 3 is 2.43 bits per heavy atom. The molecular weight excluding hydrogens is 365 g/mol. The Hall–Kier alpha value is -2.97. The summed E-state index contributed by atoms with van der Waals surface area (Å²) in [6, 6.07) is 5.73. The number of hydrogen-bond donors (Lipinski definition) is 1. The lowest BCUT2D eigenvalue weighted by Crippen LogP contribution is -2.47. The van der Waals surface area contributed by atoms with E-state index in [4.69, 9.17) is 4.74 Å². The van der Waals surface area contributed by atoms with Gasteiger partial charge in [-0.25, -0.2) is 13.9 Å². The summed E-state index contributed by atoms with van der Waals surface area (Å²) in [5, 5.41) is 10.7. The first-order valence-electron chi connectivity index (χ1n) is 9.18. The van der Waals surface area contributed by atoms with E-state index in [0.717, 1.165) is 0 Å². The average Bonchev–Trinajstić information content (AvgIpc) is 3.11. The minimum atomic E-state index is -0.545. The van der Waals surface area contributed by atoms with Crippen LogP contribution in [0.25, 0.3) is 5.69 Å². The van der Waals surface area contributed by atoms with Crippen LogP contribution < -0.4 is 5.32 Å². The largest absolute Gasteiger partial charge is 0.444 e. The van der Waals surface area contributed by atoms with Gasteiger partial charge in [-0.05, 0) is 57.9 Å². The van der Waals surface area contributed by atoms with E-state index in [9.17, 15) is 14.0 Å². The molecule has 1 fully saturated rings. The summed E-state index contributed by atoms with van der Waals surface area (Å²) in [7, 11) is 0. The second kappa shape index (κ2) is 7.95. The van der Waals surface area contributed by atoms with Crippen LogP contribution in [0.1, 0.15) is 44.1 Å². The number of carbonyl (C=O) groups excluding carboxylic acids is 2. The van der Waals surface area contributed by atoms with Crippen LogP contribution in [-0.4, -0.2) is 56.6 Å². The summed E-state index contributed by atoms with van der Waals surface area (Å²) >= 11 is 0. The highest BCUT2D eigenvalue weighted by Gasteiger charge is 2.27. The number of amides is 2. The SMILES string of the molecule is CC(C)(C)OC(=O)NC1CCN(C(=O)c2cn(-c3ccc(F)cc3)nn2)CC1. The first-order valence-corrected chi connectivity index (χ1v) is 9.18. The molecule has 1 aliphatic rings. The molecule has 0 bridgehead atoms. The number of piperidine rings is 1. The van der Waals surface area contributed by atoms with Gasteiger partial charge >= 0.3 is 6.09 Å². The van der Waals surface area contributed by atoms with Crippen molar-refractivity contribution in [3.05, 3.63) is 42.0 Å². The molecule has 0 saturated carbocycles. The standard InChI is InChI=1S/C19H24FN5O3/c1-19(2,3)28-18(27)21-14-8-10-24(11-9-14)17(26)16-12-25(23-22-16)15-6-4-13(20)5-7-15/h4-7,12,14H,8-11H2,1-3H3,(H,21,27). The van der Waals surface area contributed by atoms with E-state index in [1.165, 1.54) is 23.0 Å². The Balaban J connectivity index is 1.54. The van der Waals surface area contributed by atoms with Crippen molar-refractivity contribution in [2.45, 2.75) is 45.3 Å². The van der Waals surface area contributed by atoms with Crippen LogP contribution in [0.15, 0.2) is 30.5 Å². The first kappa shape index (κ1) is 19.8. The van der Waals surface area contributed by atoms with E-state index >= 15 is 0 Å². The normalized spacial score (nSPS) is 15.4. The molecule has 8 nitrogen and oxygen atoms in total. The quantitative estimate of drug-likeness (QED) is 0.871. The molecule has 2 amide bonds. The second-order valence-electron chi connectivity index (χ2n) is 7.74. The number of halogens is 1. The third kappa shape index (κ3) is 5.05. The number of benzene rings is 1. The van der Waals surface area contributed by atoms with Crippen LogP contribution in [-0.2, 0) is 4.74 Å². The number of hydrogen-bond acceptors (Lipinski definition) is 5. The van der Waals surface area contributed by atoms with Gasteiger partial charge in [-0.2, -0.15) is 0 Å². The van der Waals surface area contributed by atoms with Crippen molar-refractivity contribution < 1.29 is 18.7 Å². The molecule has 0 aliphatic carbocycles. The van der Waals surface area contributed by atoms with Crippen LogP contribution in [0.5, 0.6) is 0 Å². The Morgan fingerprint density at radius 2 is 1.82 bits per heavy atom. The predicted octanol–water partition coefficient (Wildman–Crippen LogP) is 2.54. The molecule has 28 heavy (non-hydrogen) atoms. The maximum absolute atomic E-state index is 13.0. The zero-order valence-electron chi connectivity index (χ0n) is 16.2. The Kier molecular flexibility index (Phi) is 5.62. The van der Waals surface area contributed by atoms with E-state index < -0.39 is 11.7 Å². The lowest BCUT2D eigenvalue weighted by molar-refractivity contribution is 0.0473. The number of likely N-dealkylation sites (tertiary alicyclic amines) is 1. The topological polar surface area (TPSA) is 89.4 Å². The van der Waals surface area contributed by atoms with Crippen molar-refractivity contribution in [1.82, 2.24) is 25.2 Å². The number of rotatable bonds is 3. The van der Waals surface area contributed by atoms with Gasteiger partial charge in [0.2, 0.25) is 0 Å². The van der Waals surface area contributed by atoms with Gasteiger partial charge in [-0.15, -0.1) is 5.10 Å². The minimum Gasteiger partial charge on any atom is -0.444 e. The molecule has 2 aromatic rings. The van der Waals surface area contributed by atoms with Gasteiger partial charge in [0.05, 0.1) is 11.9 Å². The highest BCUT2D eigenvalue weighted by Crippen LogP contribution is 2.15. The molecule has 1 aliphatic heterocycles. The summed E-state index contributed by atoms with van der Waals surface area (Å²) in [6.45, 7) is 6.44. The number of carbonyl (C=O) groups is 2. The van der Waals surface area contributed by atoms with Gasteiger partial charge in [0.1, 0.15) is 11.4 Å². The summed E-state index contributed by atoms with van der Waals surface area (Å²) < 4.78 is 19.7. The van der Waals surface area contributed by atoms with Gasteiger partial charge in [0.25, 0.3) is 5.91 Å². The van der Waals surface area contributed by atoms with Gasteiger partial charge in [0, 0.05) is 19.1 Å². The Morgan fingerprint density at radius 1 is 1.18 bits per heavy atom. The van der Waals surface area contributed by atoms with Gasteiger partial charge in [0.15, 0.2) is 5.69 Å². The number of nitrogens with zero attached hydrogens (tertiary/aromatic N) is 4. The van der Waals surface area contributed by atoms with Crippen LogP contribution >= 0.6 is 0 Å². The van der Waals surface area contributed by atoms with Crippen LogP contribution in [0.2, 0.25) is 0 Å². The third-order valence-electron chi connectivity index (χ3n) is 4.31. The van der Waals surface area contributed by atoms with Crippen molar-refractivity contribution in [3.63, 3.8) is 0 Å². The molecule has 3 rings (SSSR count). The van der Waals surface area contributed by atoms with Crippen molar-refractivity contribution in [1.29, 1.82) is 0 Å². The Bertz CT molecular complexity index is 836.